The van der Waals surface area contributed by atoms with Gasteiger partial charge in [-0.3, -0.25) is 9.58 Å². The molecule has 0 unspecified atom stereocenters. The summed E-state index contributed by atoms with van der Waals surface area (Å²) in [5.41, 5.74) is 2.10. The Labute approximate surface area is 170 Å². The number of ether oxygens (including phenoxy) is 1. The molecule has 9 nitrogen and oxygen atoms in total. The number of aryl methyl sites for hydroxylation is 1. The van der Waals surface area contributed by atoms with Crippen LogP contribution >= 0.6 is 0 Å². The van der Waals surface area contributed by atoms with Gasteiger partial charge in [-0.05, 0) is 26.0 Å². The summed E-state index contributed by atoms with van der Waals surface area (Å²) in [6, 6.07) is 2.19. The smallest absolute Gasteiger partial charge is 0.320 e. The van der Waals surface area contributed by atoms with E-state index >= 15 is 0 Å². The fraction of sp³-hybridized carbons (Fsp3) is 0.650. The van der Waals surface area contributed by atoms with Gasteiger partial charge in [0.05, 0.1) is 36.3 Å². The monoisotopic (exact) mass is 399 g/mol. The number of likely N-dealkylation sites (tertiary alicyclic amines) is 1. The summed E-state index contributed by atoms with van der Waals surface area (Å²) in [7, 11) is 4.16. The largest absolute Gasteiger partial charge is 0.378 e. The highest BCUT2D eigenvalue weighted by Crippen LogP contribution is 2.41. The van der Waals surface area contributed by atoms with Gasteiger partial charge in [-0.25, -0.2) is 9.78 Å². The lowest BCUT2D eigenvalue weighted by molar-refractivity contribution is 0.00503. The van der Waals surface area contributed by atoms with Gasteiger partial charge in [-0.15, -0.1) is 0 Å². The maximum absolute atomic E-state index is 12.9. The molecule has 0 aromatic carbocycles. The number of piperidine rings is 1. The second-order valence-corrected chi connectivity index (χ2v) is 8.28. The van der Waals surface area contributed by atoms with Crippen LogP contribution in [0.1, 0.15) is 18.7 Å². The Balaban J connectivity index is 1.39. The highest BCUT2D eigenvalue weighted by Gasteiger charge is 2.46. The van der Waals surface area contributed by atoms with E-state index in [2.05, 4.69) is 21.6 Å². The van der Waals surface area contributed by atoms with Gasteiger partial charge in [0.2, 0.25) is 0 Å². The number of nitrogens with zero attached hydrogens (tertiary/aromatic N) is 7. The van der Waals surface area contributed by atoms with Crippen LogP contribution in [0.15, 0.2) is 18.5 Å². The van der Waals surface area contributed by atoms with Crippen LogP contribution in [0.4, 0.5) is 4.79 Å². The van der Waals surface area contributed by atoms with Crippen LogP contribution in [-0.4, -0.2) is 93.0 Å². The molecule has 2 fully saturated rings. The van der Waals surface area contributed by atoms with Gasteiger partial charge in [0.15, 0.2) is 0 Å². The van der Waals surface area contributed by atoms with E-state index in [1.807, 2.05) is 40.0 Å². The summed E-state index contributed by atoms with van der Waals surface area (Å²) < 4.78 is 9.64. The number of fused-ring (bicyclic) bond motifs is 2. The molecule has 0 N–H and O–H groups in total. The number of carbonyl (C=O) groups is 1. The topological polar surface area (TPSA) is 71.7 Å². The fourth-order valence-electron chi connectivity index (χ4n) is 5.07. The van der Waals surface area contributed by atoms with Crippen molar-refractivity contribution in [2.75, 3.05) is 53.0 Å². The van der Waals surface area contributed by atoms with Crippen molar-refractivity contribution < 1.29 is 9.53 Å². The number of hydrogen-bond acceptors (Lipinski definition) is 5. The summed E-state index contributed by atoms with van der Waals surface area (Å²) in [5.74, 6) is 1.13. The first kappa shape index (κ1) is 18.6. The van der Waals surface area contributed by atoms with Crippen molar-refractivity contribution in [1.82, 2.24) is 34.0 Å². The number of carbonyl (C=O) groups excluding carboxylic acids is 1. The molecule has 5 rings (SSSR count). The van der Waals surface area contributed by atoms with Crippen molar-refractivity contribution in [2.24, 2.45) is 7.05 Å². The zero-order valence-electron chi connectivity index (χ0n) is 17.3. The maximum atomic E-state index is 12.9. The highest BCUT2D eigenvalue weighted by molar-refractivity contribution is 5.74. The number of morpholine rings is 1. The summed E-state index contributed by atoms with van der Waals surface area (Å²) in [5, 5.41) is 4.32. The molecule has 29 heavy (non-hydrogen) atoms. The van der Waals surface area contributed by atoms with Gasteiger partial charge >= 0.3 is 6.03 Å². The Morgan fingerprint density at radius 1 is 1.00 bits per heavy atom. The third kappa shape index (κ3) is 2.95. The molecule has 156 valence electrons. The zero-order chi connectivity index (χ0) is 20.0. The van der Waals surface area contributed by atoms with Crippen molar-refractivity contribution in [3.8, 4) is 11.4 Å². The molecule has 2 amide bonds. The quantitative estimate of drug-likeness (QED) is 0.715. The molecule has 2 aromatic rings. The van der Waals surface area contributed by atoms with E-state index in [0.29, 0.717) is 26.3 Å². The number of hydrogen-bond donors (Lipinski definition) is 0. The second-order valence-electron chi connectivity index (χ2n) is 8.28. The first-order chi connectivity index (χ1) is 14.1. The molecular weight excluding hydrogens is 370 g/mol. The molecule has 3 aliphatic rings. The normalized spacial score (nSPS) is 22.1. The standard InChI is InChI=1S/C20H29N7O2/c1-23-9-10-27-17(16-3-6-22-24(16)2)15-21-18(27)20(23)4-7-25(8-5-20)19(28)26-11-13-29-14-12-26/h3,6,15H,4-5,7-14H2,1-2H3. The predicted octanol–water partition coefficient (Wildman–Crippen LogP) is 0.972. The number of rotatable bonds is 1. The van der Waals surface area contributed by atoms with Crippen LogP contribution in [0.25, 0.3) is 11.4 Å². The lowest BCUT2D eigenvalue weighted by Gasteiger charge is -2.50. The van der Waals surface area contributed by atoms with Crippen molar-refractivity contribution in [3.63, 3.8) is 0 Å². The van der Waals surface area contributed by atoms with Crippen LogP contribution in [0.5, 0.6) is 0 Å². The molecule has 0 radical (unpaired) electrons. The maximum Gasteiger partial charge on any atom is 0.320 e. The average Bonchev–Trinajstić information content (AvgIpc) is 3.37. The van der Waals surface area contributed by atoms with Gasteiger partial charge in [-0.2, -0.15) is 5.10 Å². The Morgan fingerprint density at radius 3 is 2.41 bits per heavy atom. The minimum absolute atomic E-state index is 0.114. The van der Waals surface area contributed by atoms with E-state index < -0.39 is 0 Å². The molecule has 0 atom stereocenters. The third-order valence-corrected chi connectivity index (χ3v) is 6.89. The number of imidazole rings is 1. The van der Waals surface area contributed by atoms with E-state index in [4.69, 9.17) is 9.72 Å². The zero-order valence-corrected chi connectivity index (χ0v) is 17.3. The van der Waals surface area contributed by atoms with E-state index in [0.717, 1.165) is 56.2 Å². The number of aromatic nitrogens is 4. The Kier molecular flexibility index (Phi) is 4.59. The number of amides is 2. The molecule has 2 aromatic heterocycles. The van der Waals surface area contributed by atoms with Crippen LogP contribution < -0.4 is 0 Å². The van der Waals surface area contributed by atoms with Crippen molar-refractivity contribution in [2.45, 2.75) is 24.9 Å². The Bertz CT molecular complexity index is 891. The van der Waals surface area contributed by atoms with Crippen LogP contribution in [-0.2, 0) is 23.9 Å². The van der Waals surface area contributed by atoms with Gasteiger partial charge in [-0.1, -0.05) is 0 Å². The van der Waals surface area contributed by atoms with E-state index in [-0.39, 0.29) is 11.6 Å². The van der Waals surface area contributed by atoms with Crippen LogP contribution in [0, 0.1) is 0 Å². The molecular formula is C20H29N7O2. The Morgan fingerprint density at radius 2 is 1.72 bits per heavy atom. The summed E-state index contributed by atoms with van der Waals surface area (Å²) in [4.78, 5) is 24.2. The summed E-state index contributed by atoms with van der Waals surface area (Å²) in [6.07, 6.45) is 5.62. The van der Waals surface area contributed by atoms with Gasteiger partial charge in [0.25, 0.3) is 0 Å². The van der Waals surface area contributed by atoms with Crippen LogP contribution in [0.2, 0.25) is 0 Å². The van der Waals surface area contributed by atoms with Gasteiger partial charge in [0, 0.05) is 52.5 Å². The highest BCUT2D eigenvalue weighted by atomic mass is 16.5. The van der Waals surface area contributed by atoms with Crippen LogP contribution in [0.3, 0.4) is 0 Å². The van der Waals surface area contributed by atoms with Gasteiger partial charge < -0.3 is 19.1 Å². The molecule has 0 saturated carbocycles. The molecule has 5 heterocycles. The third-order valence-electron chi connectivity index (χ3n) is 6.89. The lowest BCUT2D eigenvalue weighted by atomic mass is 9.83. The van der Waals surface area contributed by atoms with E-state index in [1.165, 1.54) is 0 Å². The first-order valence-electron chi connectivity index (χ1n) is 10.5. The lowest BCUT2D eigenvalue weighted by Crippen LogP contribution is -2.58. The minimum atomic E-state index is -0.114. The summed E-state index contributed by atoms with van der Waals surface area (Å²) >= 11 is 0. The number of likely N-dealkylation sites (N-methyl/N-ethyl adjacent to an activating group) is 1. The molecule has 0 aliphatic carbocycles. The van der Waals surface area contributed by atoms with Crippen molar-refractivity contribution >= 4 is 6.03 Å². The molecule has 0 bridgehead atoms. The Hall–Kier alpha value is -2.39. The average molecular weight is 399 g/mol. The van der Waals surface area contributed by atoms with E-state index in [9.17, 15) is 4.79 Å². The predicted molar refractivity (Wildman–Crippen MR) is 107 cm³/mol. The molecule has 1 spiro atoms. The SMILES string of the molecule is CN1CCn2c(-c3ccnn3C)cnc2C12CCN(C(=O)N1CCOCC1)CC2. The van der Waals surface area contributed by atoms with E-state index in [1.54, 1.807) is 0 Å². The minimum Gasteiger partial charge on any atom is -0.378 e. The second kappa shape index (κ2) is 7.14. The molecule has 9 heteroatoms. The summed E-state index contributed by atoms with van der Waals surface area (Å²) in [6.45, 7) is 6.08. The fourth-order valence-corrected chi connectivity index (χ4v) is 5.07. The van der Waals surface area contributed by atoms with Crippen molar-refractivity contribution in [1.29, 1.82) is 0 Å². The van der Waals surface area contributed by atoms with Crippen molar-refractivity contribution in [3.05, 3.63) is 24.3 Å². The molecule has 3 aliphatic heterocycles. The first-order valence-corrected chi connectivity index (χ1v) is 10.5. The van der Waals surface area contributed by atoms with Gasteiger partial charge in [0.1, 0.15) is 5.82 Å². The molecule has 2 saturated heterocycles. The number of urea groups is 1.